The first-order valence-electron chi connectivity index (χ1n) is 13.4. The maximum absolute atomic E-state index is 13.9. The predicted molar refractivity (Wildman–Crippen MR) is 162 cm³/mol. The largest absolute Gasteiger partial charge is 0.481 e. The highest BCUT2D eigenvalue weighted by atomic mass is 35.5. The summed E-state index contributed by atoms with van der Waals surface area (Å²) in [5.74, 6) is 0.485. The Bertz CT molecular complexity index is 1450. The number of methoxy groups -OCH3 is 1. The van der Waals surface area contributed by atoms with Gasteiger partial charge >= 0.3 is 0 Å². The monoisotopic (exact) mass is 574 g/mol. The quantitative estimate of drug-likeness (QED) is 0.277. The number of halogens is 2. The molecule has 0 spiro atoms. The van der Waals surface area contributed by atoms with Crippen molar-refractivity contribution >= 4 is 34.8 Å². The van der Waals surface area contributed by atoms with Crippen LogP contribution in [0.15, 0.2) is 85.1 Å². The molecule has 3 aromatic carbocycles. The van der Waals surface area contributed by atoms with E-state index >= 15 is 0 Å². The summed E-state index contributed by atoms with van der Waals surface area (Å²) in [6.45, 7) is 4.35. The molecular formula is C32H32Cl2N4O2. The summed E-state index contributed by atoms with van der Waals surface area (Å²) in [4.78, 5) is 22.6. The van der Waals surface area contributed by atoms with Crippen LogP contribution in [0, 0.1) is 0 Å². The molecule has 4 aromatic rings. The zero-order chi connectivity index (χ0) is 27.9. The Morgan fingerprint density at radius 2 is 1.75 bits per heavy atom. The number of nitrogens with one attached hydrogen (secondary N) is 1. The number of hydrogen-bond acceptors (Lipinski definition) is 5. The number of amides is 1. The van der Waals surface area contributed by atoms with Gasteiger partial charge in [0, 0.05) is 68.3 Å². The van der Waals surface area contributed by atoms with Crippen LogP contribution in [0.5, 0.6) is 5.88 Å². The highest BCUT2D eigenvalue weighted by molar-refractivity contribution is 6.42. The third kappa shape index (κ3) is 6.94. The SMILES string of the molecule is COc1ccc(-c2ccc3c(c2)CN(C(=O)c2ccc(Cl)c(Cl)c2)CCN(Cc2ccccc2)CCCN3)cn1. The topological polar surface area (TPSA) is 57.7 Å². The van der Waals surface area contributed by atoms with E-state index in [9.17, 15) is 4.79 Å². The van der Waals surface area contributed by atoms with Crippen LogP contribution in [-0.2, 0) is 13.1 Å². The molecule has 206 valence electrons. The molecule has 0 atom stereocenters. The van der Waals surface area contributed by atoms with Crippen molar-refractivity contribution in [2.24, 2.45) is 0 Å². The maximum atomic E-state index is 13.9. The first-order valence-corrected chi connectivity index (χ1v) is 14.1. The van der Waals surface area contributed by atoms with Crippen LogP contribution in [0.25, 0.3) is 11.1 Å². The molecule has 0 saturated carbocycles. The number of benzene rings is 3. The molecule has 1 aliphatic heterocycles. The van der Waals surface area contributed by atoms with Crippen molar-refractivity contribution in [1.29, 1.82) is 0 Å². The van der Waals surface area contributed by atoms with Crippen LogP contribution in [-0.4, -0.2) is 54.0 Å². The maximum Gasteiger partial charge on any atom is 0.254 e. The number of nitrogens with zero attached hydrogens (tertiary/aromatic N) is 3. The predicted octanol–water partition coefficient (Wildman–Crippen LogP) is 7.02. The summed E-state index contributed by atoms with van der Waals surface area (Å²) in [5.41, 5.74) is 5.84. The van der Waals surface area contributed by atoms with Gasteiger partial charge in [-0.2, -0.15) is 0 Å². The number of carbonyl (C=O) groups excluding carboxylic acids is 1. The van der Waals surface area contributed by atoms with E-state index in [0.29, 0.717) is 34.6 Å². The standard InChI is InChI=1S/C32H32Cl2N4O2/c1-40-31-13-10-26(20-36-31)24-9-12-30-27(18-24)22-38(32(39)25-8-11-28(33)29(34)19-25)17-16-37(15-5-14-35-30)21-23-6-3-2-4-7-23/h2-4,6-13,18-20,35H,5,14-17,21-22H2,1H3. The average molecular weight is 576 g/mol. The van der Waals surface area contributed by atoms with E-state index in [1.807, 2.05) is 23.1 Å². The molecule has 1 N–H and O–H groups in total. The third-order valence-corrected chi connectivity index (χ3v) is 7.84. The molecule has 1 aromatic heterocycles. The van der Waals surface area contributed by atoms with E-state index in [1.54, 1.807) is 31.5 Å². The van der Waals surface area contributed by atoms with E-state index in [-0.39, 0.29) is 5.91 Å². The average Bonchev–Trinajstić information content (AvgIpc) is 3.02. The van der Waals surface area contributed by atoms with E-state index in [4.69, 9.17) is 27.9 Å². The lowest BCUT2D eigenvalue weighted by Crippen LogP contribution is -2.38. The molecule has 0 bridgehead atoms. The molecule has 0 fully saturated rings. The van der Waals surface area contributed by atoms with Gasteiger partial charge in [-0.1, -0.05) is 59.6 Å². The van der Waals surface area contributed by atoms with Crippen LogP contribution in [0.1, 0.15) is 27.9 Å². The lowest BCUT2D eigenvalue weighted by Gasteiger charge is -2.28. The Labute approximate surface area is 245 Å². The molecule has 2 heterocycles. The van der Waals surface area contributed by atoms with Crippen LogP contribution < -0.4 is 10.1 Å². The second kappa shape index (κ2) is 13.2. The molecule has 5 rings (SSSR count). The minimum Gasteiger partial charge on any atom is -0.481 e. The van der Waals surface area contributed by atoms with Crippen LogP contribution in [0.3, 0.4) is 0 Å². The van der Waals surface area contributed by atoms with Crippen LogP contribution >= 0.6 is 23.2 Å². The second-order valence-electron chi connectivity index (χ2n) is 9.86. The Kier molecular flexibility index (Phi) is 9.22. The van der Waals surface area contributed by atoms with Gasteiger partial charge in [-0.25, -0.2) is 4.98 Å². The summed E-state index contributed by atoms with van der Waals surface area (Å²) < 4.78 is 5.22. The van der Waals surface area contributed by atoms with Crippen molar-refractivity contribution in [1.82, 2.24) is 14.8 Å². The molecule has 8 heteroatoms. The summed E-state index contributed by atoms with van der Waals surface area (Å²) in [5, 5.41) is 4.41. The number of hydrogen-bond donors (Lipinski definition) is 1. The number of fused-ring (bicyclic) bond motifs is 1. The third-order valence-electron chi connectivity index (χ3n) is 7.10. The zero-order valence-corrected chi connectivity index (χ0v) is 24.0. The number of aromatic nitrogens is 1. The fourth-order valence-corrected chi connectivity index (χ4v) is 5.22. The summed E-state index contributed by atoms with van der Waals surface area (Å²) in [6.07, 6.45) is 2.79. The fraction of sp³-hybridized carbons (Fsp3) is 0.250. The number of carbonyl (C=O) groups is 1. The second-order valence-corrected chi connectivity index (χ2v) is 10.7. The van der Waals surface area contributed by atoms with Gasteiger partial charge in [0.25, 0.3) is 5.91 Å². The summed E-state index contributed by atoms with van der Waals surface area (Å²) >= 11 is 12.4. The van der Waals surface area contributed by atoms with Crippen molar-refractivity contribution in [2.45, 2.75) is 19.5 Å². The van der Waals surface area contributed by atoms with Crippen LogP contribution in [0.4, 0.5) is 5.69 Å². The first-order chi connectivity index (χ1) is 19.5. The van der Waals surface area contributed by atoms with Gasteiger partial charge in [-0.05, 0) is 59.5 Å². The molecule has 0 aliphatic carbocycles. The van der Waals surface area contributed by atoms with Gasteiger partial charge in [-0.15, -0.1) is 0 Å². The molecule has 0 radical (unpaired) electrons. The number of ether oxygens (including phenoxy) is 1. The Morgan fingerprint density at radius 3 is 2.50 bits per heavy atom. The molecule has 6 nitrogen and oxygen atoms in total. The first kappa shape index (κ1) is 28.0. The molecule has 40 heavy (non-hydrogen) atoms. The van der Waals surface area contributed by atoms with Crippen molar-refractivity contribution in [3.05, 3.63) is 112 Å². The summed E-state index contributed by atoms with van der Waals surface area (Å²) in [6, 6.07) is 25.7. The Hall–Kier alpha value is -3.58. The van der Waals surface area contributed by atoms with Gasteiger partial charge < -0.3 is 15.0 Å². The Morgan fingerprint density at radius 1 is 0.925 bits per heavy atom. The highest BCUT2D eigenvalue weighted by Crippen LogP contribution is 2.29. The molecule has 0 unspecified atom stereocenters. The zero-order valence-electron chi connectivity index (χ0n) is 22.4. The minimum absolute atomic E-state index is 0.0834. The molecule has 1 aliphatic rings. The van der Waals surface area contributed by atoms with Gasteiger partial charge in [0.2, 0.25) is 5.88 Å². The van der Waals surface area contributed by atoms with Gasteiger partial charge in [-0.3, -0.25) is 9.69 Å². The van der Waals surface area contributed by atoms with Gasteiger partial charge in [0.1, 0.15) is 0 Å². The lowest BCUT2D eigenvalue weighted by atomic mass is 10.0. The van der Waals surface area contributed by atoms with E-state index in [2.05, 4.69) is 57.7 Å². The van der Waals surface area contributed by atoms with Crippen LogP contribution in [0.2, 0.25) is 10.0 Å². The van der Waals surface area contributed by atoms with Crippen molar-refractivity contribution in [3.8, 4) is 17.0 Å². The van der Waals surface area contributed by atoms with Crippen molar-refractivity contribution in [2.75, 3.05) is 38.6 Å². The molecule has 0 saturated heterocycles. The number of anilines is 1. The number of rotatable bonds is 5. The van der Waals surface area contributed by atoms with Gasteiger partial charge in [0.15, 0.2) is 0 Å². The minimum atomic E-state index is -0.0834. The molecular weight excluding hydrogens is 543 g/mol. The summed E-state index contributed by atoms with van der Waals surface area (Å²) in [7, 11) is 1.60. The smallest absolute Gasteiger partial charge is 0.254 e. The van der Waals surface area contributed by atoms with Crippen molar-refractivity contribution < 1.29 is 9.53 Å². The lowest BCUT2D eigenvalue weighted by molar-refractivity contribution is 0.0720. The van der Waals surface area contributed by atoms with Gasteiger partial charge in [0.05, 0.1) is 17.2 Å². The van der Waals surface area contributed by atoms with E-state index in [1.165, 1.54) is 5.56 Å². The molecule has 1 amide bonds. The van der Waals surface area contributed by atoms with Crippen molar-refractivity contribution in [3.63, 3.8) is 0 Å². The van der Waals surface area contributed by atoms with E-state index < -0.39 is 0 Å². The number of pyridine rings is 1. The highest BCUT2D eigenvalue weighted by Gasteiger charge is 2.21. The Balaban J connectivity index is 1.46. The fourth-order valence-electron chi connectivity index (χ4n) is 4.92. The van der Waals surface area contributed by atoms with E-state index in [0.717, 1.165) is 55.0 Å². The normalized spacial score (nSPS) is 14.5.